The number of aryl methyl sites for hydroxylation is 3. The summed E-state index contributed by atoms with van der Waals surface area (Å²) < 4.78 is 12.4. The van der Waals surface area contributed by atoms with Crippen LogP contribution >= 0.6 is 0 Å². The molecule has 1 saturated carbocycles. The maximum Gasteiger partial charge on any atom is 0.269 e. The van der Waals surface area contributed by atoms with E-state index in [0.29, 0.717) is 42.7 Å². The van der Waals surface area contributed by atoms with Crippen molar-refractivity contribution in [3.63, 3.8) is 0 Å². The van der Waals surface area contributed by atoms with Gasteiger partial charge in [0.2, 0.25) is 5.88 Å². The maximum atomic E-state index is 12.4. The summed E-state index contributed by atoms with van der Waals surface area (Å²) in [5.74, 6) is 2.05. The van der Waals surface area contributed by atoms with Crippen LogP contribution in [0.25, 0.3) is 0 Å². The molecule has 4 rings (SSSR count). The van der Waals surface area contributed by atoms with Crippen molar-refractivity contribution >= 4 is 0 Å². The maximum absolute atomic E-state index is 12.4. The molecular formula is C22H24N4O3. The van der Waals surface area contributed by atoms with Crippen LogP contribution in [-0.4, -0.2) is 33.5 Å². The van der Waals surface area contributed by atoms with Crippen molar-refractivity contribution in [3.05, 3.63) is 76.1 Å². The van der Waals surface area contributed by atoms with Crippen LogP contribution in [0.2, 0.25) is 0 Å². The van der Waals surface area contributed by atoms with Crippen LogP contribution in [-0.2, 0) is 19.9 Å². The second kappa shape index (κ2) is 8.43. The van der Waals surface area contributed by atoms with Crippen molar-refractivity contribution in [2.45, 2.75) is 25.2 Å². The van der Waals surface area contributed by atoms with Crippen molar-refractivity contribution in [1.82, 2.24) is 19.7 Å². The van der Waals surface area contributed by atoms with E-state index in [-0.39, 0.29) is 5.56 Å². The van der Waals surface area contributed by atoms with Gasteiger partial charge in [-0.25, -0.2) is 4.68 Å². The number of hydrogen-bond donors (Lipinski definition) is 0. The van der Waals surface area contributed by atoms with Crippen LogP contribution in [0, 0.1) is 5.92 Å². The van der Waals surface area contributed by atoms with E-state index >= 15 is 0 Å². The fourth-order valence-electron chi connectivity index (χ4n) is 3.42. The fourth-order valence-corrected chi connectivity index (χ4v) is 3.42. The Labute approximate surface area is 169 Å². The third kappa shape index (κ3) is 4.62. The molecule has 0 amide bonds. The molecule has 3 heterocycles. The van der Waals surface area contributed by atoms with Gasteiger partial charge in [-0.2, -0.15) is 0 Å². The third-order valence-electron chi connectivity index (χ3n) is 5.23. The average molecular weight is 392 g/mol. The standard InChI is InChI=1S/C22H24N4O3/c1-26-22(27)15(6-7-17-5-3-4-10-23-17)12-21(25-26)29-14-16-11-19(16)20-9-8-18(28-2)13-24-20/h3-5,8-10,12-13,16,19H,6-7,11,14H2,1-2H3/t16-,19+/m1/s1. The minimum atomic E-state index is -0.0972. The van der Waals surface area contributed by atoms with E-state index < -0.39 is 0 Å². The minimum absolute atomic E-state index is 0.0972. The number of nitrogens with zero attached hydrogens (tertiary/aromatic N) is 4. The van der Waals surface area contributed by atoms with E-state index in [4.69, 9.17) is 9.47 Å². The Morgan fingerprint density at radius 1 is 1.17 bits per heavy atom. The first kappa shape index (κ1) is 19.1. The zero-order valence-corrected chi connectivity index (χ0v) is 16.6. The molecule has 29 heavy (non-hydrogen) atoms. The van der Waals surface area contributed by atoms with E-state index in [9.17, 15) is 4.79 Å². The van der Waals surface area contributed by atoms with Crippen molar-refractivity contribution in [2.75, 3.05) is 13.7 Å². The van der Waals surface area contributed by atoms with E-state index in [1.807, 2.05) is 30.3 Å². The first-order chi connectivity index (χ1) is 14.1. The molecular weight excluding hydrogens is 368 g/mol. The van der Waals surface area contributed by atoms with Gasteiger partial charge in [0.05, 0.1) is 19.9 Å². The lowest BCUT2D eigenvalue weighted by atomic mass is 10.1. The molecule has 0 radical (unpaired) electrons. The summed E-state index contributed by atoms with van der Waals surface area (Å²) in [5, 5.41) is 4.24. The zero-order chi connectivity index (χ0) is 20.2. The lowest BCUT2D eigenvalue weighted by Gasteiger charge is -2.09. The van der Waals surface area contributed by atoms with E-state index in [0.717, 1.165) is 23.6 Å². The molecule has 7 nitrogen and oxygen atoms in total. The third-order valence-corrected chi connectivity index (χ3v) is 5.23. The molecule has 0 spiro atoms. The summed E-state index contributed by atoms with van der Waals surface area (Å²) in [6.45, 7) is 0.559. The highest BCUT2D eigenvalue weighted by Gasteiger charge is 2.40. The molecule has 0 N–H and O–H groups in total. The average Bonchev–Trinajstić information content (AvgIpc) is 3.54. The summed E-state index contributed by atoms with van der Waals surface area (Å²) in [7, 11) is 3.29. The van der Waals surface area contributed by atoms with Crippen molar-refractivity contribution in [3.8, 4) is 11.6 Å². The van der Waals surface area contributed by atoms with Gasteiger partial charge >= 0.3 is 0 Å². The summed E-state index contributed by atoms with van der Waals surface area (Å²) in [6.07, 6.45) is 5.85. The quantitative estimate of drug-likeness (QED) is 0.586. The Hall–Kier alpha value is -3.22. The highest BCUT2D eigenvalue weighted by molar-refractivity contribution is 5.25. The van der Waals surface area contributed by atoms with Crippen molar-refractivity contribution in [1.29, 1.82) is 0 Å². The Kier molecular flexibility index (Phi) is 5.55. The van der Waals surface area contributed by atoms with Gasteiger partial charge in [-0.05, 0) is 43.5 Å². The number of aromatic nitrogens is 4. The van der Waals surface area contributed by atoms with Gasteiger partial charge in [-0.3, -0.25) is 14.8 Å². The predicted octanol–water partition coefficient (Wildman–Crippen LogP) is 2.55. The Morgan fingerprint density at radius 3 is 2.79 bits per heavy atom. The van der Waals surface area contributed by atoms with Gasteiger partial charge in [0, 0.05) is 48.1 Å². The number of pyridine rings is 2. The predicted molar refractivity (Wildman–Crippen MR) is 108 cm³/mol. The van der Waals surface area contributed by atoms with Gasteiger partial charge in [0.1, 0.15) is 5.75 Å². The number of ether oxygens (including phenoxy) is 2. The molecule has 0 unspecified atom stereocenters. The van der Waals surface area contributed by atoms with Gasteiger partial charge in [0.25, 0.3) is 5.56 Å². The number of rotatable bonds is 8. The lowest BCUT2D eigenvalue weighted by molar-refractivity contribution is 0.277. The van der Waals surface area contributed by atoms with E-state index in [1.165, 1.54) is 4.68 Å². The Bertz CT molecular complexity index is 1020. The van der Waals surface area contributed by atoms with Crippen LogP contribution in [0.1, 0.15) is 29.3 Å². The zero-order valence-electron chi connectivity index (χ0n) is 16.6. The summed E-state index contributed by atoms with van der Waals surface area (Å²) >= 11 is 0. The molecule has 1 aliphatic rings. The van der Waals surface area contributed by atoms with E-state index in [2.05, 4.69) is 15.1 Å². The Morgan fingerprint density at radius 2 is 2.07 bits per heavy atom. The molecule has 1 aliphatic carbocycles. The molecule has 0 bridgehead atoms. The molecule has 7 heteroatoms. The van der Waals surface area contributed by atoms with Crippen LogP contribution in [0.5, 0.6) is 11.6 Å². The van der Waals surface area contributed by atoms with Crippen LogP contribution in [0.15, 0.2) is 53.6 Å². The highest BCUT2D eigenvalue weighted by Crippen LogP contribution is 2.46. The molecule has 1 fully saturated rings. The summed E-state index contributed by atoms with van der Waals surface area (Å²) in [5.41, 5.74) is 2.61. The first-order valence-corrected chi connectivity index (χ1v) is 9.74. The molecule has 3 aromatic rings. The smallest absolute Gasteiger partial charge is 0.269 e. The molecule has 3 aromatic heterocycles. The largest absolute Gasteiger partial charge is 0.495 e. The van der Waals surface area contributed by atoms with Crippen LogP contribution in [0.3, 0.4) is 0 Å². The van der Waals surface area contributed by atoms with E-state index in [1.54, 1.807) is 32.6 Å². The number of methoxy groups -OCH3 is 1. The van der Waals surface area contributed by atoms with Crippen LogP contribution < -0.4 is 15.0 Å². The highest BCUT2D eigenvalue weighted by atomic mass is 16.5. The van der Waals surface area contributed by atoms with Gasteiger partial charge in [-0.15, -0.1) is 5.10 Å². The van der Waals surface area contributed by atoms with Gasteiger partial charge in [-0.1, -0.05) is 6.07 Å². The fraction of sp³-hybridized carbons (Fsp3) is 0.364. The molecule has 2 atom stereocenters. The second-order valence-electron chi connectivity index (χ2n) is 7.29. The topological polar surface area (TPSA) is 79.1 Å². The molecule has 0 aliphatic heterocycles. The second-order valence-corrected chi connectivity index (χ2v) is 7.29. The molecule has 0 saturated heterocycles. The normalized spacial score (nSPS) is 17.7. The minimum Gasteiger partial charge on any atom is -0.495 e. The molecule has 150 valence electrons. The first-order valence-electron chi connectivity index (χ1n) is 9.74. The summed E-state index contributed by atoms with van der Waals surface area (Å²) in [6, 6.07) is 11.5. The molecule has 0 aromatic carbocycles. The van der Waals surface area contributed by atoms with Crippen molar-refractivity contribution in [2.24, 2.45) is 13.0 Å². The summed E-state index contributed by atoms with van der Waals surface area (Å²) in [4.78, 5) is 21.2. The van der Waals surface area contributed by atoms with Gasteiger partial charge < -0.3 is 9.47 Å². The SMILES string of the molecule is COc1ccc([C@H]2C[C@@H]2COc2cc(CCc3ccccn3)c(=O)n(C)n2)nc1. The number of hydrogen-bond acceptors (Lipinski definition) is 6. The lowest BCUT2D eigenvalue weighted by Crippen LogP contribution is -2.24. The monoisotopic (exact) mass is 392 g/mol. The Balaban J connectivity index is 1.36. The van der Waals surface area contributed by atoms with Crippen molar-refractivity contribution < 1.29 is 9.47 Å². The van der Waals surface area contributed by atoms with Crippen LogP contribution in [0.4, 0.5) is 0 Å². The van der Waals surface area contributed by atoms with Gasteiger partial charge in [0.15, 0.2) is 0 Å².